The second-order valence-electron chi connectivity index (χ2n) is 6.89. The lowest BCUT2D eigenvalue weighted by Crippen LogP contribution is -2.52. The number of nitrogens with one attached hydrogen (secondary N) is 2. The van der Waals surface area contributed by atoms with E-state index in [4.69, 9.17) is 0 Å². The van der Waals surface area contributed by atoms with Crippen molar-refractivity contribution >= 4 is 34.2 Å². The lowest BCUT2D eigenvalue weighted by Gasteiger charge is -2.37. The third kappa shape index (κ3) is 3.89. The van der Waals surface area contributed by atoms with Crippen LogP contribution in [-0.2, 0) is 4.79 Å². The van der Waals surface area contributed by atoms with Crippen molar-refractivity contribution in [2.75, 3.05) is 10.6 Å². The van der Waals surface area contributed by atoms with Crippen molar-refractivity contribution in [3.8, 4) is 0 Å². The first-order chi connectivity index (χ1) is 13.5. The fourth-order valence-electron chi connectivity index (χ4n) is 3.52. The smallest absolute Gasteiger partial charge is 0.228 e. The fraction of sp³-hybridized carbons (Fsp3) is 0.300. The Morgan fingerprint density at radius 3 is 2.50 bits per heavy atom. The molecule has 4 rings (SSSR count). The normalized spacial score (nSPS) is 29.0. The van der Waals surface area contributed by atoms with Gasteiger partial charge in [0.05, 0.1) is 18.1 Å². The number of fused-ring (bicyclic) bond motifs is 1. The Morgan fingerprint density at radius 2 is 1.79 bits per heavy atom. The molecule has 4 N–H and O–H groups in total. The maximum Gasteiger partial charge on any atom is 0.228 e. The summed E-state index contributed by atoms with van der Waals surface area (Å²) >= 11 is 1.36. The fourth-order valence-corrected chi connectivity index (χ4v) is 4.90. The molecule has 8 heteroatoms. The maximum absolute atomic E-state index is 13.1. The minimum Gasteiger partial charge on any atom is -0.390 e. The van der Waals surface area contributed by atoms with E-state index in [9.17, 15) is 19.4 Å². The molecule has 0 saturated heterocycles. The number of amidine groups is 1. The summed E-state index contributed by atoms with van der Waals surface area (Å²) in [4.78, 5) is 17.3. The van der Waals surface area contributed by atoms with Gasteiger partial charge in [-0.2, -0.15) is 0 Å². The molecule has 0 spiro atoms. The summed E-state index contributed by atoms with van der Waals surface area (Å²) < 4.78 is 13.1. The molecule has 2 aliphatic rings. The van der Waals surface area contributed by atoms with Gasteiger partial charge in [0.1, 0.15) is 11.9 Å². The first-order valence-electron chi connectivity index (χ1n) is 9.00. The summed E-state index contributed by atoms with van der Waals surface area (Å²) in [5.74, 6) is -1.06. The van der Waals surface area contributed by atoms with Crippen molar-refractivity contribution in [1.82, 2.24) is 0 Å². The number of rotatable bonds is 3. The average molecular weight is 401 g/mol. The Kier molecular flexibility index (Phi) is 5.34. The average Bonchev–Trinajstić information content (AvgIpc) is 3.11. The molecule has 5 unspecified atom stereocenters. The Labute approximate surface area is 165 Å². The standard InChI is InChI=1S/C20H20FN3O3S/c21-11-6-8-13(9-7-11)23-20-24-16-17(26)15(25)10-14(18(16)28-20)19(27)22-12-4-2-1-3-5-12/h1-9,14-18,25-26H,10H2,(H,22,27)(H,23,24). The summed E-state index contributed by atoms with van der Waals surface area (Å²) in [6.07, 6.45) is -1.90. The number of carbonyl (C=O) groups excluding carboxylic acids is 1. The largest absolute Gasteiger partial charge is 0.390 e. The summed E-state index contributed by atoms with van der Waals surface area (Å²) in [7, 11) is 0. The van der Waals surface area contributed by atoms with Gasteiger partial charge in [-0.25, -0.2) is 4.39 Å². The minimum atomic E-state index is -1.04. The SMILES string of the molecule is O=C(Nc1ccccc1)C1CC(O)C(O)C2N=C(Nc3ccc(F)cc3)SC12. The molecule has 0 aromatic heterocycles. The molecule has 1 aliphatic carbocycles. The molecular weight excluding hydrogens is 381 g/mol. The minimum absolute atomic E-state index is 0.160. The van der Waals surface area contributed by atoms with Gasteiger partial charge in [-0.05, 0) is 42.8 Å². The van der Waals surface area contributed by atoms with Crippen molar-refractivity contribution < 1.29 is 19.4 Å². The molecule has 1 aliphatic heterocycles. The van der Waals surface area contributed by atoms with E-state index in [-0.39, 0.29) is 23.4 Å². The number of nitrogens with zero attached hydrogens (tertiary/aromatic N) is 1. The van der Waals surface area contributed by atoms with Crippen LogP contribution in [0.15, 0.2) is 59.6 Å². The van der Waals surface area contributed by atoms with E-state index in [1.54, 1.807) is 24.3 Å². The van der Waals surface area contributed by atoms with Gasteiger partial charge in [0.15, 0.2) is 5.17 Å². The van der Waals surface area contributed by atoms with Crippen LogP contribution in [0.4, 0.5) is 15.8 Å². The van der Waals surface area contributed by atoms with Crippen molar-refractivity contribution in [3.63, 3.8) is 0 Å². The van der Waals surface area contributed by atoms with Crippen LogP contribution in [0.2, 0.25) is 0 Å². The van der Waals surface area contributed by atoms with E-state index < -0.39 is 24.2 Å². The predicted molar refractivity (Wildman–Crippen MR) is 108 cm³/mol. The zero-order chi connectivity index (χ0) is 19.7. The van der Waals surface area contributed by atoms with Crippen molar-refractivity contribution in [2.45, 2.75) is 29.9 Å². The highest BCUT2D eigenvalue weighted by molar-refractivity contribution is 8.15. The summed E-state index contributed by atoms with van der Waals surface area (Å²) in [6, 6.07) is 14.4. The Balaban J connectivity index is 1.50. The molecule has 2 aromatic carbocycles. The third-order valence-electron chi connectivity index (χ3n) is 4.96. The second kappa shape index (κ2) is 7.90. The van der Waals surface area contributed by atoms with E-state index in [1.165, 1.54) is 23.9 Å². The number of aliphatic hydroxyl groups excluding tert-OH is 2. The van der Waals surface area contributed by atoms with Crippen LogP contribution in [0.25, 0.3) is 0 Å². The van der Waals surface area contributed by atoms with Gasteiger partial charge >= 0.3 is 0 Å². The highest BCUT2D eigenvalue weighted by atomic mass is 32.2. The van der Waals surface area contributed by atoms with E-state index in [0.717, 1.165) is 0 Å². The third-order valence-corrected chi connectivity index (χ3v) is 6.27. The van der Waals surface area contributed by atoms with Gasteiger partial charge in [-0.15, -0.1) is 0 Å². The molecule has 1 amide bonds. The molecule has 1 fully saturated rings. The van der Waals surface area contributed by atoms with E-state index in [1.807, 2.05) is 18.2 Å². The van der Waals surface area contributed by atoms with E-state index in [0.29, 0.717) is 16.5 Å². The van der Waals surface area contributed by atoms with Crippen LogP contribution in [0, 0.1) is 11.7 Å². The number of amides is 1. The van der Waals surface area contributed by atoms with Crippen LogP contribution in [0.3, 0.4) is 0 Å². The molecule has 1 heterocycles. The van der Waals surface area contributed by atoms with Gasteiger partial charge in [-0.1, -0.05) is 30.0 Å². The Hall–Kier alpha value is -2.42. The van der Waals surface area contributed by atoms with Crippen LogP contribution in [0.5, 0.6) is 0 Å². The maximum atomic E-state index is 13.1. The lowest BCUT2D eigenvalue weighted by molar-refractivity contribution is -0.124. The number of benzene rings is 2. The van der Waals surface area contributed by atoms with Gasteiger partial charge in [-0.3, -0.25) is 9.79 Å². The molecule has 0 bridgehead atoms. The summed E-state index contributed by atoms with van der Waals surface area (Å²) in [6.45, 7) is 0. The highest BCUT2D eigenvalue weighted by Crippen LogP contribution is 2.41. The zero-order valence-corrected chi connectivity index (χ0v) is 15.6. The second-order valence-corrected chi connectivity index (χ2v) is 8.06. The molecule has 146 valence electrons. The van der Waals surface area contributed by atoms with Gasteiger partial charge in [0.25, 0.3) is 0 Å². The summed E-state index contributed by atoms with van der Waals surface area (Å²) in [5, 5.41) is 26.8. The number of thioether (sulfide) groups is 1. The van der Waals surface area contributed by atoms with Gasteiger partial charge < -0.3 is 20.8 Å². The monoisotopic (exact) mass is 401 g/mol. The highest BCUT2D eigenvalue weighted by Gasteiger charge is 2.50. The quantitative estimate of drug-likeness (QED) is 0.634. The first-order valence-corrected chi connectivity index (χ1v) is 9.88. The molecule has 0 radical (unpaired) electrons. The number of carbonyl (C=O) groups is 1. The van der Waals surface area contributed by atoms with Crippen LogP contribution in [0.1, 0.15) is 6.42 Å². The predicted octanol–water partition coefficient (Wildman–Crippen LogP) is 2.46. The molecule has 1 saturated carbocycles. The number of para-hydroxylation sites is 1. The number of hydrogen-bond donors (Lipinski definition) is 4. The molecular formula is C20H20FN3O3S. The van der Waals surface area contributed by atoms with Crippen LogP contribution < -0.4 is 10.6 Å². The van der Waals surface area contributed by atoms with E-state index in [2.05, 4.69) is 15.6 Å². The number of anilines is 2. The van der Waals surface area contributed by atoms with Gasteiger partial charge in [0, 0.05) is 16.6 Å². The van der Waals surface area contributed by atoms with Crippen molar-refractivity contribution in [2.24, 2.45) is 10.9 Å². The first kappa shape index (κ1) is 18.9. The number of halogens is 1. The molecule has 28 heavy (non-hydrogen) atoms. The number of aliphatic hydroxyl groups is 2. The van der Waals surface area contributed by atoms with E-state index >= 15 is 0 Å². The zero-order valence-electron chi connectivity index (χ0n) is 14.8. The molecule has 2 aromatic rings. The van der Waals surface area contributed by atoms with Crippen LogP contribution in [-0.4, -0.2) is 44.8 Å². The Morgan fingerprint density at radius 1 is 1.07 bits per heavy atom. The Bertz CT molecular complexity index is 878. The van der Waals surface area contributed by atoms with Gasteiger partial charge in [0.2, 0.25) is 5.91 Å². The molecule has 5 atom stereocenters. The summed E-state index contributed by atoms with van der Waals surface area (Å²) in [5.41, 5.74) is 1.34. The van der Waals surface area contributed by atoms with Crippen molar-refractivity contribution in [1.29, 1.82) is 0 Å². The van der Waals surface area contributed by atoms with Crippen molar-refractivity contribution in [3.05, 3.63) is 60.4 Å². The number of hydrogen-bond acceptors (Lipinski definition) is 6. The topological polar surface area (TPSA) is 94.0 Å². The lowest BCUT2D eigenvalue weighted by atomic mass is 9.81. The number of aliphatic imine (C=N–C) groups is 1. The van der Waals surface area contributed by atoms with Crippen LogP contribution >= 0.6 is 11.8 Å². The molecule has 6 nitrogen and oxygen atoms in total.